The summed E-state index contributed by atoms with van der Waals surface area (Å²) in [4.78, 5) is 4.20. The average Bonchev–Trinajstić information content (AvgIpc) is 2.55. The number of aromatic nitrogens is 1. The Kier molecular flexibility index (Phi) is 3.69. The first-order chi connectivity index (χ1) is 7.40. The Morgan fingerprint density at radius 2 is 2.33 bits per heavy atom. The highest BCUT2D eigenvalue weighted by atomic mass is 15.5. The van der Waals surface area contributed by atoms with Gasteiger partial charge in [-0.25, -0.2) is 5.01 Å². The lowest BCUT2D eigenvalue weighted by atomic mass is 9.93. The van der Waals surface area contributed by atoms with Gasteiger partial charge in [-0.05, 0) is 43.9 Å². The monoisotopic (exact) mass is 205 g/mol. The summed E-state index contributed by atoms with van der Waals surface area (Å²) in [7, 11) is 2.00. The van der Waals surface area contributed by atoms with E-state index in [1.807, 2.05) is 25.5 Å². The Morgan fingerprint density at radius 3 is 3.07 bits per heavy atom. The van der Waals surface area contributed by atoms with Crippen molar-refractivity contribution in [3.05, 3.63) is 30.1 Å². The lowest BCUT2D eigenvalue weighted by molar-refractivity contribution is 0.216. The van der Waals surface area contributed by atoms with Crippen LogP contribution in [0.15, 0.2) is 24.5 Å². The van der Waals surface area contributed by atoms with Crippen molar-refractivity contribution in [2.24, 2.45) is 0 Å². The van der Waals surface area contributed by atoms with Crippen molar-refractivity contribution in [3.8, 4) is 0 Å². The van der Waals surface area contributed by atoms with Gasteiger partial charge in [-0.3, -0.25) is 10.4 Å². The second kappa shape index (κ2) is 5.24. The van der Waals surface area contributed by atoms with E-state index in [-0.39, 0.29) is 0 Å². The van der Waals surface area contributed by atoms with Crippen LogP contribution in [0, 0.1) is 0 Å². The molecule has 1 aliphatic rings. The number of hydrazine groups is 1. The summed E-state index contributed by atoms with van der Waals surface area (Å²) in [5.41, 5.74) is 4.63. The van der Waals surface area contributed by atoms with Gasteiger partial charge in [-0.15, -0.1) is 0 Å². The molecule has 1 atom stereocenters. The maximum atomic E-state index is 4.20. The molecule has 0 radical (unpaired) electrons. The molecular formula is C12H19N3. The van der Waals surface area contributed by atoms with Crippen molar-refractivity contribution in [2.45, 2.75) is 25.2 Å². The zero-order valence-electron chi connectivity index (χ0n) is 9.32. The highest BCUT2D eigenvalue weighted by Crippen LogP contribution is 2.26. The molecular weight excluding hydrogens is 186 g/mol. The van der Waals surface area contributed by atoms with Crippen LogP contribution in [0.1, 0.15) is 30.7 Å². The van der Waals surface area contributed by atoms with Gasteiger partial charge in [-0.1, -0.05) is 6.07 Å². The van der Waals surface area contributed by atoms with Crippen molar-refractivity contribution in [1.29, 1.82) is 0 Å². The third-order valence-corrected chi connectivity index (χ3v) is 3.20. The molecule has 2 rings (SSSR count). The van der Waals surface area contributed by atoms with Gasteiger partial charge < -0.3 is 0 Å². The van der Waals surface area contributed by atoms with Gasteiger partial charge in [0, 0.05) is 25.5 Å². The molecule has 15 heavy (non-hydrogen) atoms. The summed E-state index contributed by atoms with van der Waals surface area (Å²) in [5, 5.41) is 2.30. The minimum atomic E-state index is 0.692. The first kappa shape index (κ1) is 10.6. The molecule has 1 aromatic rings. The van der Waals surface area contributed by atoms with Gasteiger partial charge in [-0.2, -0.15) is 0 Å². The number of hydrogen-bond donors (Lipinski definition) is 1. The summed E-state index contributed by atoms with van der Waals surface area (Å²) in [5.74, 6) is 0.692. The van der Waals surface area contributed by atoms with Gasteiger partial charge in [0.05, 0.1) is 0 Å². The summed E-state index contributed by atoms with van der Waals surface area (Å²) in [6.45, 7) is 2.29. The van der Waals surface area contributed by atoms with Crippen LogP contribution in [0.5, 0.6) is 0 Å². The van der Waals surface area contributed by atoms with E-state index < -0.39 is 0 Å². The minimum Gasteiger partial charge on any atom is -0.264 e. The smallest absolute Gasteiger partial charge is 0.0302 e. The van der Waals surface area contributed by atoms with E-state index in [1.165, 1.54) is 24.8 Å². The van der Waals surface area contributed by atoms with E-state index in [1.54, 1.807) is 0 Å². The van der Waals surface area contributed by atoms with Gasteiger partial charge >= 0.3 is 0 Å². The van der Waals surface area contributed by atoms with Gasteiger partial charge in [0.25, 0.3) is 0 Å². The molecule has 3 heteroatoms. The maximum absolute atomic E-state index is 4.20. The standard InChI is InChI=1S/C12H19N3/c1-13-15-8-3-5-11(6-9-15)12-4-2-7-14-10-12/h2,4,7,10-11,13H,3,5-6,8-9H2,1H3/t11-/m1/s1. The number of pyridine rings is 1. The first-order valence-corrected chi connectivity index (χ1v) is 5.72. The summed E-state index contributed by atoms with van der Waals surface area (Å²) in [6, 6.07) is 4.24. The number of nitrogens with one attached hydrogen (secondary N) is 1. The second-order valence-corrected chi connectivity index (χ2v) is 4.12. The zero-order chi connectivity index (χ0) is 10.5. The van der Waals surface area contributed by atoms with Crippen molar-refractivity contribution < 1.29 is 0 Å². The lowest BCUT2D eigenvalue weighted by Gasteiger charge is -2.18. The van der Waals surface area contributed by atoms with E-state index in [9.17, 15) is 0 Å². The van der Waals surface area contributed by atoms with Crippen LogP contribution >= 0.6 is 0 Å². The number of rotatable bonds is 2. The molecule has 0 saturated carbocycles. The predicted octanol–water partition coefficient (Wildman–Crippen LogP) is 1.79. The normalized spacial score (nSPS) is 23.7. The molecule has 1 aliphatic heterocycles. The Labute approximate surface area is 91.5 Å². The second-order valence-electron chi connectivity index (χ2n) is 4.12. The van der Waals surface area contributed by atoms with Gasteiger partial charge in [0.15, 0.2) is 0 Å². The van der Waals surface area contributed by atoms with Crippen molar-refractivity contribution in [1.82, 2.24) is 15.4 Å². The SMILES string of the molecule is CNN1CCC[C@@H](c2cccnc2)CC1. The van der Waals surface area contributed by atoms with Crippen molar-refractivity contribution >= 4 is 0 Å². The Balaban J connectivity index is 2.00. The van der Waals surface area contributed by atoms with Crippen LogP contribution in [0.3, 0.4) is 0 Å². The van der Waals surface area contributed by atoms with E-state index in [4.69, 9.17) is 0 Å². The van der Waals surface area contributed by atoms with Crippen LogP contribution in [-0.2, 0) is 0 Å². The Hall–Kier alpha value is -0.930. The molecule has 1 fully saturated rings. The number of nitrogens with zero attached hydrogens (tertiary/aromatic N) is 2. The molecule has 3 nitrogen and oxygen atoms in total. The van der Waals surface area contributed by atoms with Crippen LogP contribution < -0.4 is 5.43 Å². The molecule has 0 unspecified atom stereocenters. The molecule has 0 spiro atoms. The minimum absolute atomic E-state index is 0.692. The quantitative estimate of drug-likeness (QED) is 0.797. The summed E-state index contributed by atoms with van der Waals surface area (Å²) >= 11 is 0. The van der Waals surface area contributed by atoms with Gasteiger partial charge in [0.2, 0.25) is 0 Å². The summed E-state index contributed by atoms with van der Waals surface area (Å²) < 4.78 is 0. The van der Waals surface area contributed by atoms with Crippen LogP contribution in [0.4, 0.5) is 0 Å². The molecule has 0 aromatic carbocycles. The fourth-order valence-corrected chi connectivity index (χ4v) is 2.27. The summed E-state index contributed by atoms with van der Waals surface area (Å²) in [6.07, 6.45) is 7.64. The third-order valence-electron chi connectivity index (χ3n) is 3.20. The van der Waals surface area contributed by atoms with Crippen molar-refractivity contribution in [3.63, 3.8) is 0 Å². The molecule has 0 amide bonds. The van der Waals surface area contributed by atoms with Crippen LogP contribution in [0.25, 0.3) is 0 Å². The highest BCUT2D eigenvalue weighted by Gasteiger charge is 2.17. The highest BCUT2D eigenvalue weighted by molar-refractivity contribution is 5.14. The fourth-order valence-electron chi connectivity index (χ4n) is 2.27. The molecule has 2 heterocycles. The van der Waals surface area contributed by atoms with E-state index in [0.717, 1.165) is 13.1 Å². The van der Waals surface area contributed by atoms with Crippen molar-refractivity contribution in [2.75, 3.05) is 20.1 Å². The largest absolute Gasteiger partial charge is 0.264 e. The number of hydrogen-bond acceptors (Lipinski definition) is 3. The van der Waals surface area contributed by atoms with E-state index in [2.05, 4.69) is 21.5 Å². The molecule has 82 valence electrons. The first-order valence-electron chi connectivity index (χ1n) is 5.72. The zero-order valence-corrected chi connectivity index (χ0v) is 9.32. The fraction of sp³-hybridized carbons (Fsp3) is 0.583. The molecule has 1 saturated heterocycles. The van der Waals surface area contributed by atoms with Crippen LogP contribution in [0.2, 0.25) is 0 Å². The Morgan fingerprint density at radius 1 is 1.40 bits per heavy atom. The maximum Gasteiger partial charge on any atom is 0.0302 e. The predicted molar refractivity (Wildman–Crippen MR) is 61.5 cm³/mol. The van der Waals surface area contributed by atoms with Crippen LogP contribution in [-0.4, -0.2) is 30.1 Å². The van der Waals surface area contributed by atoms with E-state index in [0.29, 0.717) is 5.92 Å². The topological polar surface area (TPSA) is 28.2 Å². The molecule has 1 N–H and O–H groups in total. The molecule has 0 bridgehead atoms. The Bertz CT molecular complexity index is 286. The lowest BCUT2D eigenvalue weighted by Crippen LogP contribution is -2.35. The van der Waals surface area contributed by atoms with Gasteiger partial charge in [0.1, 0.15) is 0 Å². The third kappa shape index (κ3) is 2.76. The molecule has 0 aliphatic carbocycles. The molecule has 1 aromatic heterocycles. The van der Waals surface area contributed by atoms with E-state index >= 15 is 0 Å². The average molecular weight is 205 g/mol.